The van der Waals surface area contributed by atoms with E-state index in [1.807, 2.05) is 42.2 Å². The van der Waals surface area contributed by atoms with Gasteiger partial charge in [-0.25, -0.2) is 0 Å². The van der Waals surface area contributed by atoms with Crippen molar-refractivity contribution in [1.82, 2.24) is 20.1 Å². The molecule has 1 fully saturated rings. The van der Waals surface area contributed by atoms with Gasteiger partial charge < -0.3 is 10.2 Å². The average Bonchev–Trinajstić information content (AvgIpc) is 2.67. The Morgan fingerprint density at radius 1 is 1.15 bits per heavy atom. The first kappa shape index (κ1) is 18.3. The molecule has 26 heavy (non-hydrogen) atoms. The van der Waals surface area contributed by atoms with Crippen LogP contribution in [0.2, 0.25) is 0 Å². The average molecular weight is 354 g/mol. The number of carbonyl (C=O) groups is 2. The van der Waals surface area contributed by atoms with Crippen LogP contribution in [0.4, 0.5) is 0 Å². The van der Waals surface area contributed by atoms with Gasteiger partial charge in [-0.2, -0.15) is 0 Å². The summed E-state index contributed by atoms with van der Waals surface area (Å²) in [6.07, 6.45) is 2.64. The highest BCUT2D eigenvalue weighted by Crippen LogP contribution is 2.18. The van der Waals surface area contributed by atoms with Crippen molar-refractivity contribution in [2.24, 2.45) is 0 Å². The molecule has 2 heterocycles. The lowest BCUT2D eigenvalue weighted by Crippen LogP contribution is -2.51. The molecule has 2 amide bonds. The van der Waals surface area contributed by atoms with E-state index in [1.165, 1.54) is 0 Å². The highest BCUT2D eigenvalue weighted by molar-refractivity contribution is 6.05. The molecule has 0 saturated carbocycles. The molecule has 1 aliphatic rings. The lowest BCUT2D eigenvalue weighted by Gasteiger charge is -2.34. The van der Waals surface area contributed by atoms with E-state index in [0.29, 0.717) is 38.3 Å². The maximum absolute atomic E-state index is 12.9. The Bertz CT molecular complexity index is 779. The Kier molecular flexibility index (Phi) is 5.83. The molecule has 0 spiro atoms. The number of hydrogen-bond donors (Lipinski definition) is 1. The number of piperazine rings is 1. The van der Waals surface area contributed by atoms with E-state index in [1.54, 1.807) is 6.20 Å². The van der Waals surface area contributed by atoms with Crippen molar-refractivity contribution < 1.29 is 9.59 Å². The van der Waals surface area contributed by atoms with E-state index in [9.17, 15) is 9.59 Å². The molecule has 1 unspecified atom stereocenters. The molecule has 1 N–H and O–H groups in total. The minimum atomic E-state index is 0.0120. The van der Waals surface area contributed by atoms with Crippen LogP contribution in [-0.4, -0.2) is 65.4 Å². The second-order valence-electron chi connectivity index (χ2n) is 6.83. The summed E-state index contributed by atoms with van der Waals surface area (Å²) < 4.78 is 0. The number of benzene rings is 1. The molecule has 1 saturated heterocycles. The van der Waals surface area contributed by atoms with Crippen molar-refractivity contribution >= 4 is 22.7 Å². The fraction of sp³-hybridized carbons (Fsp3) is 0.450. The second-order valence-corrected chi connectivity index (χ2v) is 6.83. The second kappa shape index (κ2) is 8.27. The molecule has 0 bridgehead atoms. The third-order valence-corrected chi connectivity index (χ3v) is 4.91. The van der Waals surface area contributed by atoms with E-state index >= 15 is 0 Å². The lowest BCUT2D eigenvalue weighted by molar-refractivity contribution is -0.123. The Balaban J connectivity index is 1.59. The van der Waals surface area contributed by atoms with Gasteiger partial charge in [0.25, 0.3) is 5.91 Å². The molecule has 138 valence electrons. The number of nitrogens with zero attached hydrogens (tertiary/aromatic N) is 3. The monoisotopic (exact) mass is 354 g/mol. The lowest BCUT2D eigenvalue weighted by atomic mass is 10.1. The van der Waals surface area contributed by atoms with Crippen LogP contribution >= 0.6 is 0 Å². The predicted octanol–water partition coefficient (Wildman–Crippen LogP) is 1.91. The highest BCUT2D eigenvalue weighted by atomic mass is 16.2. The van der Waals surface area contributed by atoms with Crippen molar-refractivity contribution in [3.8, 4) is 0 Å². The summed E-state index contributed by atoms with van der Waals surface area (Å²) in [7, 11) is 0. The van der Waals surface area contributed by atoms with E-state index in [-0.39, 0.29) is 17.9 Å². The molecule has 0 aliphatic carbocycles. The molecule has 1 aromatic carbocycles. The van der Waals surface area contributed by atoms with Gasteiger partial charge in [-0.05, 0) is 25.5 Å². The van der Waals surface area contributed by atoms with Gasteiger partial charge in [0.1, 0.15) is 0 Å². The summed E-state index contributed by atoms with van der Waals surface area (Å²) in [5, 5.41) is 3.96. The van der Waals surface area contributed by atoms with Crippen molar-refractivity contribution in [3.05, 3.63) is 42.1 Å². The summed E-state index contributed by atoms with van der Waals surface area (Å²) in [6.45, 7) is 7.11. The standard InChI is InChI=1S/C20H26N4O2/c1-3-15(2)22-18(25)14-23-10-12-24(13-11-23)20(26)17-8-4-6-16-7-5-9-21-19(16)17/h4-9,15H,3,10-14H2,1-2H3,(H,22,25). The number of fused-ring (bicyclic) bond motifs is 1. The van der Waals surface area contributed by atoms with Gasteiger partial charge in [-0.15, -0.1) is 0 Å². The quantitative estimate of drug-likeness (QED) is 0.891. The van der Waals surface area contributed by atoms with E-state index < -0.39 is 0 Å². The molecular formula is C20H26N4O2. The fourth-order valence-electron chi connectivity index (χ4n) is 3.18. The SMILES string of the molecule is CCC(C)NC(=O)CN1CCN(C(=O)c2cccc3cccnc23)CC1. The summed E-state index contributed by atoms with van der Waals surface area (Å²) in [4.78, 5) is 33.3. The van der Waals surface area contributed by atoms with Crippen LogP contribution < -0.4 is 5.32 Å². The molecule has 2 aromatic rings. The Labute approximate surface area is 154 Å². The summed E-state index contributed by atoms with van der Waals surface area (Å²) in [5.41, 5.74) is 1.39. The molecule has 1 aromatic heterocycles. The number of rotatable bonds is 5. The van der Waals surface area contributed by atoms with Crippen LogP contribution in [0.25, 0.3) is 10.9 Å². The van der Waals surface area contributed by atoms with Gasteiger partial charge in [-0.1, -0.05) is 25.1 Å². The van der Waals surface area contributed by atoms with Crippen LogP contribution in [0.15, 0.2) is 36.5 Å². The van der Waals surface area contributed by atoms with E-state index in [0.717, 1.165) is 17.3 Å². The number of carbonyl (C=O) groups excluding carboxylic acids is 2. The van der Waals surface area contributed by atoms with Crippen LogP contribution in [0, 0.1) is 0 Å². The molecule has 0 radical (unpaired) electrons. The molecular weight excluding hydrogens is 328 g/mol. The molecule has 1 atom stereocenters. The Morgan fingerprint density at radius 3 is 2.62 bits per heavy atom. The number of para-hydroxylation sites is 1. The van der Waals surface area contributed by atoms with Gasteiger partial charge in [0.05, 0.1) is 17.6 Å². The van der Waals surface area contributed by atoms with Gasteiger partial charge in [0, 0.05) is 43.8 Å². The first-order valence-electron chi connectivity index (χ1n) is 9.23. The van der Waals surface area contributed by atoms with Crippen molar-refractivity contribution in [3.63, 3.8) is 0 Å². The van der Waals surface area contributed by atoms with Crippen LogP contribution in [-0.2, 0) is 4.79 Å². The summed E-state index contributed by atoms with van der Waals surface area (Å²) in [6, 6.07) is 9.74. The Morgan fingerprint density at radius 2 is 1.88 bits per heavy atom. The zero-order valence-corrected chi connectivity index (χ0v) is 15.4. The third kappa shape index (κ3) is 4.19. The normalized spacial score (nSPS) is 16.5. The number of aromatic nitrogens is 1. The maximum Gasteiger partial charge on any atom is 0.256 e. The van der Waals surface area contributed by atoms with Gasteiger partial charge >= 0.3 is 0 Å². The molecule has 6 heteroatoms. The van der Waals surface area contributed by atoms with Crippen molar-refractivity contribution in [2.75, 3.05) is 32.7 Å². The van der Waals surface area contributed by atoms with Crippen LogP contribution in [0.3, 0.4) is 0 Å². The zero-order chi connectivity index (χ0) is 18.5. The molecule has 1 aliphatic heterocycles. The minimum absolute atomic E-state index is 0.0120. The smallest absolute Gasteiger partial charge is 0.256 e. The number of nitrogens with one attached hydrogen (secondary N) is 1. The summed E-state index contributed by atoms with van der Waals surface area (Å²) in [5.74, 6) is 0.0652. The first-order valence-corrected chi connectivity index (χ1v) is 9.23. The number of pyridine rings is 1. The maximum atomic E-state index is 12.9. The topological polar surface area (TPSA) is 65.5 Å². The Hall–Kier alpha value is -2.47. The molecule has 3 rings (SSSR count). The largest absolute Gasteiger partial charge is 0.353 e. The zero-order valence-electron chi connectivity index (χ0n) is 15.4. The van der Waals surface area contributed by atoms with Crippen molar-refractivity contribution in [1.29, 1.82) is 0 Å². The first-order chi connectivity index (χ1) is 12.6. The van der Waals surface area contributed by atoms with Crippen molar-refractivity contribution in [2.45, 2.75) is 26.3 Å². The number of hydrogen-bond acceptors (Lipinski definition) is 4. The van der Waals surface area contributed by atoms with Gasteiger partial charge in [0.15, 0.2) is 0 Å². The number of amides is 2. The van der Waals surface area contributed by atoms with E-state index in [2.05, 4.69) is 22.1 Å². The van der Waals surface area contributed by atoms with Crippen LogP contribution in [0.5, 0.6) is 0 Å². The van der Waals surface area contributed by atoms with Gasteiger partial charge in [0.2, 0.25) is 5.91 Å². The fourth-order valence-corrected chi connectivity index (χ4v) is 3.18. The van der Waals surface area contributed by atoms with Crippen LogP contribution in [0.1, 0.15) is 30.6 Å². The van der Waals surface area contributed by atoms with Gasteiger partial charge in [-0.3, -0.25) is 19.5 Å². The highest BCUT2D eigenvalue weighted by Gasteiger charge is 2.24. The third-order valence-electron chi connectivity index (χ3n) is 4.91. The minimum Gasteiger partial charge on any atom is -0.353 e. The van der Waals surface area contributed by atoms with E-state index in [4.69, 9.17) is 0 Å². The molecule has 6 nitrogen and oxygen atoms in total. The summed E-state index contributed by atoms with van der Waals surface area (Å²) >= 11 is 0. The predicted molar refractivity (Wildman–Crippen MR) is 102 cm³/mol.